The third-order valence-corrected chi connectivity index (χ3v) is 4.91. The number of nitrogens with zero attached hydrogens (tertiary/aromatic N) is 1. The quantitative estimate of drug-likeness (QED) is 0.357. The molecule has 0 atom stereocenters. The van der Waals surface area contributed by atoms with Gasteiger partial charge < -0.3 is 9.57 Å². The molecule has 1 aliphatic rings. The summed E-state index contributed by atoms with van der Waals surface area (Å²) in [6.07, 6.45) is 1.55. The molecule has 1 aliphatic heterocycles. The van der Waals surface area contributed by atoms with E-state index in [4.69, 9.17) is 32.8 Å². The van der Waals surface area contributed by atoms with E-state index >= 15 is 0 Å². The predicted molar refractivity (Wildman–Crippen MR) is 114 cm³/mol. The van der Waals surface area contributed by atoms with E-state index < -0.39 is 5.97 Å². The Kier molecular flexibility index (Phi) is 5.84. The molecule has 0 bridgehead atoms. The van der Waals surface area contributed by atoms with Crippen LogP contribution in [0.5, 0.6) is 5.75 Å². The Morgan fingerprint density at radius 3 is 2.53 bits per heavy atom. The summed E-state index contributed by atoms with van der Waals surface area (Å²) in [4.78, 5) is 17.2. The van der Waals surface area contributed by atoms with Gasteiger partial charge in [-0.3, -0.25) is 0 Å². The largest absolute Gasteiger partial charge is 0.487 e. The average Bonchev–Trinajstić information content (AvgIpc) is 3.09. The van der Waals surface area contributed by atoms with E-state index in [1.54, 1.807) is 30.3 Å². The lowest BCUT2D eigenvalue weighted by Crippen LogP contribution is -2.07. The molecule has 3 aromatic rings. The number of benzene rings is 3. The van der Waals surface area contributed by atoms with Crippen LogP contribution in [0.4, 0.5) is 4.39 Å². The zero-order chi connectivity index (χ0) is 21.1. The van der Waals surface area contributed by atoms with Gasteiger partial charge in [0.05, 0.1) is 10.6 Å². The molecule has 0 saturated heterocycles. The van der Waals surface area contributed by atoms with E-state index in [0.29, 0.717) is 21.9 Å². The van der Waals surface area contributed by atoms with Crippen LogP contribution < -0.4 is 4.74 Å². The second-order valence-electron chi connectivity index (χ2n) is 6.43. The summed E-state index contributed by atoms with van der Waals surface area (Å²) in [5.74, 6) is -0.728. The Morgan fingerprint density at radius 1 is 1.03 bits per heavy atom. The molecule has 4 nitrogen and oxygen atoms in total. The van der Waals surface area contributed by atoms with Crippen LogP contribution in [0.3, 0.4) is 0 Å². The Morgan fingerprint density at radius 2 is 1.77 bits per heavy atom. The van der Waals surface area contributed by atoms with Gasteiger partial charge in [0.15, 0.2) is 0 Å². The lowest BCUT2D eigenvalue weighted by molar-refractivity contribution is -0.136. The van der Waals surface area contributed by atoms with Gasteiger partial charge in [-0.1, -0.05) is 76.9 Å². The zero-order valence-corrected chi connectivity index (χ0v) is 17.0. The van der Waals surface area contributed by atoms with Crippen molar-refractivity contribution in [2.45, 2.75) is 6.61 Å². The van der Waals surface area contributed by atoms with Crippen molar-refractivity contribution in [1.82, 2.24) is 0 Å². The topological polar surface area (TPSA) is 47.9 Å². The molecule has 4 rings (SSSR count). The minimum absolute atomic E-state index is 0.0473. The summed E-state index contributed by atoms with van der Waals surface area (Å²) in [6.45, 7) is -0.0473. The van der Waals surface area contributed by atoms with Crippen LogP contribution in [-0.4, -0.2) is 11.7 Å². The monoisotopic (exact) mass is 441 g/mol. The second kappa shape index (κ2) is 8.69. The van der Waals surface area contributed by atoms with Crippen LogP contribution in [0.2, 0.25) is 10.0 Å². The van der Waals surface area contributed by atoms with E-state index in [1.807, 2.05) is 30.3 Å². The van der Waals surface area contributed by atoms with E-state index in [1.165, 1.54) is 12.1 Å². The van der Waals surface area contributed by atoms with Crippen molar-refractivity contribution in [3.63, 3.8) is 0 Å². The summed E-state index contributed by atoms with van der Waals surface area (Å²) in [6, 6.07) is 18.5. The molecule has 1 heterocycles. The third-order valence-electron chi connectivity index (χ3n) is 4.41. The molecule has 0 unspecified atom stereocenters. The molecule has 150 valence electrons. The molecule has 3 aromatic carbocycles. The van der Waals surface area contributed by atoms with Gasteiger partial charge in [0.25, 0.3) is 0 Å². The number of ether oxygens (including phenoxy) is 1. The van der Waals surface area contributed by atoms with Crippen molar-refractivity contribution >= 4 is 41.0 Å². The summed E-state index contributed by atoms with van der Waals surface area (Å²) < 4.78 is 19.8. The van der Waals surface area contributed by atoms with Gasteiger partial charge in [-0.25, -0.2) is 9.18 Å². The fraction of sp³-hybridized carbons (Fsp3) is 0.0435. The molecule has 0 saturated carbocycles. The minimum atomic E-state index is -0.606. The van der Waals surface area contributed by atoms with Crippen molar-refractivity contribution in [3.8, 4) is 5.75 Å². The molecule has 7 heteroatoms. The zero-order valence-electron chi connectivity index (χ0n) is 15.4. The maximum atomic E-state index is 14.0. The summed E-state index contributed by atoms with van der Waals surface area (Å²) >= 11 is 12.5. The lowest BCUT2D eigenvalue weighted by atomic mass is 10.0. The number of halogens is 3. The molecule has 0 N–H and O–H groups in total. The molecule has 0 radical (unpaired) electrons. The Bertz CT molecular complexity index is 1180. The normalized spacial score (nSPS) is 14.6. The molecule has 30 heavy (non-hydrogen) atoms. The van der Waals surface area contributed by atoms with Gasteiger partial charge in [0, 0.05) is 21.7 Å². The highest BCUT2D eigenvalue weighted by molar-refractivity contribution is 6.36. The van der Waals surface area contributed by atoms with Crippen molar-refractivity contribution in [1.29, 1.82) is 0 Å². The Hall–Kier alpha value is -3.15. The Balaban J connectivity index is 1.72. The van der Waals surface area contributed by atoms with E-state index in [0.717, 1.165) is 5.56 Å². The summed E-state index contributed by atoms with van der Waals surface area (Å²) in [7, 11) is 0. The predicted octanol–water partition coefficient (Wildman–Crippen LogP) is 6.06. The van der Waals surface area contributed by atoms with Crippen LogP contribution in [0, 0.1) is 5.82 Å². The van der Waals surface area contributed by atoms with Crippen molar-refractivity contribution in [2.24, 2.45) is 5.16 Å². The SMILES string of the molecule is O=C1ON=C(c2ccccc2)/C1=C/c1cc(Cl)cc(Cl)c1OCc1ccccc1F. The van der Waals surface area contributed by atoms with Crippen molar-refractivity contribution < 1.29 is 18.8 Å². The average molecular weight is 442 g/mol. The molecular weight excluding hydrogens is 428 g/mol. The minimum Gasteiger partial charge on any atom is -0.487 e. The van der Waals surface area contributed by atoms with Crippen LogP contribution in [0.1, 0.15) is 16.7 Å². The van der Waals surface area contributed by atoms with Crippen molar-refractivity contribution in [3.05, 3.63) is 105 Å². The highest BCUT2D eigenvalue weighted by Crippen LogP contribution is 2.35. The number of carbonyl (C=O) groups excluding carboxylic acids is 1. The van der Waals surface area contributed by atoms with Crippen LogP contribution in [0.15, 0.2) is 77.5 Å². The first kappa shape index (κ1) is 20.1. The highest BCUT2D eigenvalue weighted by Gasteiger charge is 2.27. The highest BCUT2D eigenvalue weighted by atomic mass is 35.5. The smallest absolute Gasteiger partial charge is 0.368 e. The molecule has 0 amide bonds. The van der Waals surface area contributed by atoms with Gasteiger partial charge in [-0.15, -0.1) is 0 Å². The van der Waals surface area contributed by atoms with Gasteiger partial charge in [-0.05, 0) is 24.3 Å². The van der Waals surface area contributed by atoms with E-state index in [-0.39, 0.29) is 28.8 Å². The fourth-order valence-corrected chi connectivity index (χ4v) is 3.54. The number of rotatable bonds is 5. The van der Waals surface area contributed by atoms with Gasteiger partial charge >= 0.3 is 5.97 Å². The molecule has 0 aromatic heterocycles. The number of hydrogen-bond donors (Lipinski definition) is 0. The first-order chi connectivity index (χ1) is 14.5. The third kappa shape index (κ3) is 4.22. The maximum Gasteiger partial charge on any atom is 0.368 e. The summed E-state index contributed by atoms with van der Waals surface area (Å²) in [5.41, 5.74) is 2.15. The fourth-order valence-electron chi connectivity index (χ4n) is 2.97. The van der Waals surface area contributed by atoms with E-state index in [9.17, 15) is 9.18 Å². The molecule has 0 aliphatic carbocycles. The lowest BCUT2D eigenvalue weighted by Gasteiger charge is -2.13. The maximum absolute atomic E-state index is 14.0. The number of hydrogen-bond acceptors (Lipinski definition) is 4. The van der Waals surface area contributed by atoms with Crippen molar-refractivity contribution in [2.75, 3.05) is 0 Å². The Labute approximate surface area is 182 Å². The first-order valence-electron chi connectivity index (χ1n) is 8.95. The second-order valence-corrected chi connectivity index (χ2v) is 7.27. The van der Waals surface area contributed by atoms with Crippen LogP contribution in [-0.2, 0) is 16.2 Å². The van der Waals surface area contributed by atoms with E-state index in [2.05, 4.69) is 5.16 Å². The standard InChI is InChI=1S/C23H14Cl2FNO3/c24-17-10-16(11-18-21(27-30-23(18)28)14-6-2-1-3-7-14)22(19(25)12-17)29-13-15-8-4-5-9-20(15)26/h1-12H,13H2/b18-11-. The van der Waals surface area contributed by atoms with Crippen LogP contribution >= 0.6 is 23.2 Å². The molecule has 0 spiro atoms. The van der Waals surface area contributed by atoms with Gasteiger partial charge in [-0.2, -0.15) is 0 Å². The molecular formula is C23H14Cl2FNO3. The van der Waals surface area contributed by atoms with Crippen LogP contribution in [0.25, 0.3) is 6.08 Å². The summed E-state index contributed by atoms with van der Waals surface area (Å²) in [5, 5.41) is 4.47. The number of oxime groups is 1. The van der Waals surface area contributed by atoms with Gasteiger partial charge in [0.2, 0.25) is 0 Å². The molecule has 0 fully saturated rings. The number of carbonyl (C=O) groups is 1. The first-order valence-corrected chi connectivity index (χ1v) is 9.70. The van der Waals surface area contributed by atoms with Gasteiger partial charge in [0.1, 0.15) is 23.9 Å².